The van der Waals surface area contributed by atoms with Crippen LogP contribution in [0.25, 0.3) is 0 Å². The Hall–Kier alpha value is -2.21. The number of hydrogen-bond acceptors (Lipinski definition) is 7. The molecule has 0 saturated carbocycles. The maximum Gasteiger partial charge on any atom is 0.189 e. The second-order valence-corrected chi connectivity index (χ2v) is 14.1. The van der Waals surface area contributed by atoms with Crippen LogP contribution in [0.2, 0.25) is 5.02 Å². The first kappa shape index (κ1) is 26.4. The van der Waals surface area contributed by atoms with E-state index < -0.39 is 53.8 Å². The summed E-state index contributed by atoms with van der Waals surface area (Å²) in [6, 6.07) is 7.25. The van der Waals surface area contributed by atoms with Gasteiger partial charge in [-0.25, -0.2) is 25.6 Å². The number of nitrogens with one attached hydrogen (secondary N) is 1. The van der Waals surface area contributed by atoms with Gasteiger partial charge in [0.05, 0.1) is 28.9 Å². The van der Waals surface area contributed by atoms with E-state index in [1.165, 1.54) is 29.7 Å². The predicted molar refractivity (Wildman–Crippen MR) is 134 cm³/mol. The average Bonchev–Trinajstić information content (AvgIpc) is 3.37. The van der Waals surface area contributed by atoms with Crippen molar-refractivity contribution in [2.24, 2.45) is 5.92 Å². The van der Waals surface area contributed by atoms with Gasteiger partial charge in [0.25, 0.3) is 0 Å². The van der Waals surface area contributed by atoms with Crippen LogP contribution in [0.15, 0.2) is 52.4 Å². The average molecular weight is 574 g/mol. The normalized spacial score (nSPS) is 26.7. The maximum absolute atomic E-state index is 15.4. The van der Waals surface area contributed by atoms with Crippen LogP contribution >= 0.6 is 11.6 Å². The van der Waals surface area contributed by atoms with E-state index in [0.717, 1.165) is 18.6 Å². The Morgan fingerprint density at radius 1 is 1.08 bits per heavy atom. The van der Waals surface area contributed by atoms with Gasteiger partial charge in [0, 0.05) is 35.2 Å². The van der Waals surface area contributed by atoms with Crippen LogP contribution in [-0.2, 0) is 29.2 Å². The van der Waals surface area contributed by atoms with Crippen molar-refractivity contribution < 1.29 is 35.1 Å². The zero-order valence-electron chi connectivity index (χ0n) is 19.8. The molecule has 12 heteroatoms. The van der Waals surface area contributed by atoms with E-state index in [4.69, 9.17) is 21.1 Å². The number of rotatable bonds is 6. The molecule has 1 N–H and O–H groups in total. The first-order chi connectivity index (χ1) is 17.5. The molecular formula is C25H26ClF2NO6S2. The zero-order chi connectivity index (χ0) is 26.4. The molecule has 0 amide bonds. The van der Waals surface area contributed by atoms with Crippen molar-refractivity contribution >= 4 is 31.3 Å². The Morgan fingerprint density at radius 2 is 1.81 bits per heavy atom. The molecule has 0 aromatic heterocycles. The van der Waals surface area contributed by atoms with Crippen LogP contribution in [0, 0.1) is 17.6 Å². The Kier molecular flexibility index (Phi) is 7.01. The van der Waals surface area contributed by atoms with Crippen LogP contribution in [0.1, 0.15) is 31.2 Å². The van der Waals surface area contributed by atoms with Gasteiger partial charge in [-0.1, -0.05) is 11.6 Å². The summed E-state index contributed by atoms with van der Waals surface area (Å²) in [4.78, 5) is -0.108. The number of sulfone groups is 2. The van der Waals surface area contributed by atoms with Crippen molar-refractivity contribution in [3.8, 4) is 5.75 Å². The summed E-state index contributed by atoms with van der Waals surface area (Å²) in [5, 5.41) is 4.56. The minimum absolute atomic E-state index is 0.0374. The molecule has 2 saturated heterocycles. The summed E-state index contributed by atoms with van der Waals surface area (Å²) in [5.41, 5.74) is 0.254. The molecule has 3 atom stereocenters. The predicted octanol–water partition coefficient (Wildman–Crippen LogP) is 4.11. The third-order valence-corrected chi connectivity index (χ3v) is 11.6. The minimum atomic E-state index is -4.36. The first-order valence-corrected chi connectivity index (χ1v) is 15.5. The van der Waals surface area contributed by atoms with E-state index in [-0.39, 0.29) is 42.3 Å². The van der Waals surface area contributed by atoms with Gasteiger partial charge in [-0.15, -0.1) is 0 Å². The minimum Gasteiger partial charge on any atom is -0.490 e. The summed E-state index contributed by atoms with van der Waals surface area (Å²) < 4.78 is 93.9. The quantitative estimate of drug-likeness (QED) is 0.555. The lowest BCUT2D eigenvalue weighted by Gasteiger charge is -2.50. The summed E-state index contributed by atoms with van der Waals surface area (Å²) in [5.74, 6) is -3.52. The lowest BCUT2D eigenvalue weighted by atomic mass is 9.75. The third-order valence-electron chi connectivity index (χ3n) is 7.33. The zero-order valence-corrected chi connectivity index (χ0v) is 22.1. The van der Waals surface area contributed by atoms with Crippen molar-refractivity contribution in [1.29, 1.82) is 0 Å². The fourth-order valence-electron chi connectivity index (χ4n) is 5.61. The molecule has 0 radical (unpaired) electrons. The molecule has 2 fully saturated rings. The van der Waals surface area contributed by atoms with Crippen molar-refractivity contribution in [3.05, 3.63) is 69.7 Å². The van der Waals surface area contributed by atoms with E-state index in [0.29, 0.717) is 23.7 Å². The number of benzene rings is 2. The van der Waals surface area contributed by atoms with Crippen LogP contribution in [0.3, 0.4) is 0 Å². The van der Waals surface area contributed by atoms with E-state index in [9.17, 15) is 21.2 Å². The SMILES string of the molecule is O=S(=O)(/C=C1\CCCN1)CC[C@@H]1OCC[C@@]2(S(=O)(=O)c3ccc(Cl)cc3)c3c(F)ccc(F)c3OC[C@@H]12. The fourth-order valence-corrected chi connectivity index (χ4v) is 9.39. The topological polar surface area (TPSA) is 98.8 Å². The van der Waals surface area contributed by atoms with Crippen molar-refractivity contribution in [2.75, 3.05) is 25.5 Å². The molecule has 0 bridgehead atoms. The highest BCUT2D eigenvalue weighted by Gasteiger charge is 2.61. The first-order valence-electron chi connectivity index (χ1n) is 12.0. The van der Waals surface area contributed by atoms with Gasteiger partial charge < -0.3 is 14.8 Å². The van der Waals surface area contributed by atoms with Gasteiger partial charge in [0.2, 0.25) is 0 Å². The molecule has 37 heavy (non-hydrogen) atoms. The molecule has 3 heterocycles. The monoisotopic (exact) mass is 573 g/mol. The van der Waals surface area contributed by atoms with Crippen LogP contribution in [0.4, 0.5) is 8.78 Å². The van der Waals surface area contributed by atoms with E-state index >= 15 is 4.39 Å². The number of fused-ring (bicyclic) bond motifs is 3. The van der Waals surface area contributed by atoms with Crippen LogP contribution in [-0.4, -0.2) is 48.5 Å². The van der Waals surface area contributed by atoms with Gasteiger partial charge in [0.15, 0.2) is 31.2 Å². The van der Waals surface area contributed by atoms with Gasteiger partial charge in [-0.05, 0) is 62.1 Å². The van der Waals surface area contributed by atoms with Crippen LogP contribution in [0.5, 0.6) is 5.75 Å². The van der Waals surface area contributed by atoms with Crippen LogP contribution < -0.4 is 10.1 Å². The van der Waals surface area contributed by atoms with Crippen molar-refractivity contribution in [3.63, 3.8) is 0 Å². The second kappa shape index (κ2) is 9.83. The molecule has 0 aliphatic carbocycles. The lowest BCUT2D eigenvalue weighted by Crippen LogP contribution is -2.57. The number of ether oxygens (including phenoxy) is 2. The second-order valence-electron chi connectivity index (χ2n) is 9.49. The third kappa shape index (κ3) is 4.64. The van der Waals surface area contributed by atoms with Gasteiger partial charge in [-0.2, -0.15) is 0 Å². The molecule has 200 valence electrons. The van der Waals surface area contributed by atoms with E-state index in [1.54, 1.807) is 0 Å². The molecule has 2 aromatic carbocycles. The fraction of sp³-hybridized carbons (Fsp3) is 0.440. The number of halogens is 3. The number of allylic oxidation sites excluding steroid dienone is 1. The molecule has 0 spiro atoms. The molecule has 7 nitrogen and oxygen atoms in total. The largest absolute Gasteiger partial charge is 0.490 e. The van der Waals surface area contributed by atoms with Gasteiger partial charge in [0.1, 0.15) is 10.6 Å². The lowest BCUT2D eigenvalue weighted by molar-refractivity contribution is -0.0732. The Morgan fingerprint density at radius 3 is 2.51 bits per heavy atom. The molecule has 2 aromatic rings. The summed E-state index contributed by atoms with van der Waals surface area (Å²) >= 11 is 5.97. The van der Waals surface area contributed by atoms with Gasteiger partial charge >= 0.3 is 0 Å². The summed E-state index contributed by atoms with van der Waals surface area (Å²) in [7, 11) is -7.99. The molecule has 3 aliphatic rings. The number of hydrogen-bond donors (Lipinski definition) is 1. The maximum atomic E-state index is 15.4. The summed E-state index contributed by atoms with van der Waals surface area (Å²) in [6.45, 7) is 0.332. The Labute approximate surface area is 219 Å². The smallest absolute Gasteiger partial charge is 0.189 e. The van der Waals surface area contributed by atoms with Crippen molar-refractivity contribution in [1.82, 2.24) is 5.32 Å². The molecule has 0 unspecified atom stereocenters. The Balaban J connectivity index is 1.58. The molecule has 3 aliphatic heterocycles. The van der Waals surface area contributed by atoms with E-state index in [1.807, 2.05) is 0 Å². The highest BCUT2D eigenvalue weighted by atomic mass is 35.5. The highest BCUT2D eigenvalue weighted by molar-refractivity contribution is 7.94. The highest BCUT2D eigenvalue weighted by Crippen LogP contribution is 2.56. The molecular weight excluding hydrogens is 548 g/mol. The van der Waals surface area contributed by atoms with E-state index in [2.05, 4.69) is 5.32 Å². The van der Waals surface area contributed by atoms with Crippen molar-refractivity contribution in [2.45, 2.75) is 41.4 Å². The molecule has 5 rings (SSSR count). The summed E-state index contributed by atoms with van der Waals surface area (Å²) in [6.07, 6.45) is 0.399. The standard InChI is InChI=1S/C25H26ClF2NO6S2/c26-16-3-5-18(6-4-16)37(32,33)25-10-12-34-22(9-13-36(30,31)15-17-2-1-11-29-17)19(25)14-35-24-21(28)8-7-20(27)23(24)25/h3-8,15,19,22,29H,1-2,9-14H2/b17-15+/t19-,22-,25-/m0/s1. The Bertz CT molecular complexity index is 1440. The van der Waals surface area contributed by atoms with Gasteiger partial charge in [-0.3, -0.25) is 0 Å².